The van der Waals surface area contributed by atoms with Crippen LogP contribution in [-0.2, 0) is 34.1 Å². The number of benzene rings is 2. The van der Waals surface area contributed by atoms with Crippen LogP contribution in [-0.4, -0.2) is 67.3 Å². The zero-order chi connectivity index (χ0) is 32.6. The molecule has 9 nitrogen and oxygen atoms in total. The lowest BCUT2D eigenvalue weighted by Crippen LogP contribution is -2.60. The molecule has 0 aromatic heterocycles. The number of piperidine rings is 1. The van der Waals surface area contributed by atoms with Crippen molar-refractivity contribution in [3.05, 3.63) is 71.8 Å². The normalized spacial score (nSPS) is 24.2. The van der Waals surface area contributed by atoms with Crippen molar-refractivity contribution in [1.29, 1.82) is 0 Å². The Balaban J connectivity index is 0.00000134. The predicted molar refractivity (Wildman–Crippen MR) is 169 cm³/mol. The zero-order valence-corrected chi connectivity index (χ0v) is 27.2. The minimum absolute atomic E-state index is 0.0451. The van der Waals surface area contributed by atoms with Gasteiger partial charge in [0, 0.05) is 50.9 Å². The van der Waals surface area contributed by atoms with Gasteiger partial charge in [-0.1, -0.05) is 87.4 Å². The van der Waals surface area contributed by atoms with Gasteiger partial charge in [0.05, 0.1) is 31.8 Å². The highest BCUT2D eigenvalue weighted by molar-refractivity contribution is 5.86. The molecule has 46 heavy (non-hydrogen) atoms. The summed E-state index contributed by atoms with van der Waals surface area (Å²) in [6.07, 6.45) is 8.68. The Morgan fingerprint density at radius 3 is 1.89 bits per heavy atom. The highest BCUT2D eigenvalue weighted by Crippen LogP contribution is 2.47. The van der Waals surface area contributed by atoms with Gasteiger partial charge in [0.1, 0.15) is 6.10 Å². The Kier molecular flexibility index (Phi) is 11.4. The van der Waals surface area contributed by atoms with E-state index in [1.54, 1.807) is 0 Å². The summed E-state index contributed by atoms with van der Waals surface area (Å²) in [4.78, 5) is 36.0. The van der Waals surface area contributed by atoms with Crippen molar-refractivity contribution in [3.63, 3.8) is 0 Å². The fourth-order valence-corrected chi connectivity index (χ4v) is 8.46. The minimum atomic E-state index is -1.61. The molecule has 0 radical (unpaired) electrons. The van der Waals surface area contributed by atoms with E-state index < -0.39 is 30.5 Å². The second-order valence-electron chi connectivity index (χ2n) is 13.8. The summed E-state index contributed by atoms with van der Waals surface area (Å²) >= 11 is 0. The van der Waals surface area contributed by atoms with E-state index in [4.69, 9.17) is 28.8 Å². The molecule has 3 aliphatic heterocycles. The van der Waals surface area contributed by atoms with Crippen molar-refractivity contribution in [2.45, 2.75) is 108 Å². The molecular formula is C37H49NO8. The lowest BCUT2D eigenvalue weighted by Gasteiger charge is -2.47. The average Bonchev–Trinajstić information content (AvgIpc) is 3.81. The van der Waals surface area contributed by atoms with Crippen molar-refractivity contribution in [3.8, 4) is 0 Å². The van der Waals surface area contributed by atoms with Crippen molar-refractivity contribution < 1.29 is 42.9 Å². The highest BCUT2D eigenvalue weighted by atomic mass is 16.8. The van der Waals surface area contributed by atoms with Gasteiger partial charge in [-0.05, 0) is 29.9 Å². The molecule has 4 aliphatic rings. The fraction of sp³-hybridized carbons (Fsp3) is 0.595. The van der Waals surface area contributed by atoms with Crippen LogP contribution in [0.25, 0.3) is 0 Å². The minimum Gasteiger partial charge on any atom is -0.554 e. The van der Waals surface area contributed by atoms with Gasteiger partial charge in [-0.15, -0.1) is 0 Å². The number of carboxylic acid groups (broad SMARTS) is 1. The van der Waals surface area contributed by atoms with Crippen molar-refractivity contribution in [2.24, 2.45) is 11.8 Å². The maximum absolute atomic E-state index is 14.8. The summed E-state index contributed by atoms with van der Waals surface area (Å²) in [5.41, 5.74) is -0.282. The Hall–Kier alpha value is -3.43. The van der Waals surface area contributed by atoms with Crippen LogP contribution in [0.4, 0.5) is 4.79 Å². The summed E-state index contributed by atoms with van der Waals surface area (Å²) in [6, 6.07) is 20.3. The third kappa shape index (κ3) is 7.26. The van der Waals surface area contributed by atoms with E-state index in [0.29, 0.717) is 23.2 Å². The first kappa shape index (κ1) is 33.9. The molecule has 2 aromatic carbocycles. The molecule has 0 amide bonds. The third-order valence-corrected chi connectivity index (χ3v) is 10.5. The molecule has 2 aromatic rings. The first-order valence-corrected chi connectivity index (χ1v) is 17.1. The number of rotatable bonds is 10. The summed E-state index contributed by atoms with van der Waals surface area (Å²) < 4.78 is 26.1. The van der Waals surface area contributed by atoms with Gasteiger partial charge in [-0.2, -0.15) is 0 Å². The Morgan fingerprint density at radius 2 is 1.39 bits per heavy atom. The molecule has 3 heterocycles. The maximum Gasteiger partial charge on any atom is 0.510 e. The van der Waals surface area contributed by atoms with Gasteiger partial charge < -0.3 is 33.3 Å². The van der Waals surface area contributed by atoms with Gasteiger partial charge >= 0.3 is 12.1 Å². The van der Waals surface area contributed by atoms with E-state index in [0.717, 1.165) is 38.5 Å². The van der Waals surface area contributed by atoms with Gasteiger partial charge in [-0.3, -0.25) is 0 Å². The van der Waals surface area contributed by atoms with Gasteiger partial charge in [0.15, 0.2) is 0 Å². The molecule has 1 aliphatic carbocycles. The standard InChI is InChI=1S/C36H48NO6.CH2O2/c1-26(2)25-40-35(39)42-33(27-13-9-10-14-27)43-36(28-15-5-3-6-16-28,29-17-7-4-8-18-29)34(38)41-32-23-30-19-20-31(24-32)37(30)21-11-12-22-37;2-1-3/h3-8,15-18,26-27,30-33H,9-14,19-25H2,1-2H3;1H,(H,2,3)/q+1;/p-1. The molecule has 3 unspecified atom stereocenters. The molecule has 250 valence electrons. The van der Waals surface area contributed by atoms with Crippen LogP contribution in [0.15, 0.2) is 60.7 Å². The number of esters is 1. The third-order valence-electron chi connectivity index (χ3n) is 10.5. The van der Waals surface area contributed by atoms with E-state index in [2.05, 4.69) is 0 Å². The van der Waals surface area contributed by atoms with Crippen LogP contribution in [0.1, 0.15) is 89.2 Å². The van der Waals surface area contributed by atoms with E-state index in [1.165, 1.54) is 43.3 Å². The zero-order valence-electron chi connectivity index (χ0n) is 27.2. The molecule has 9 heteroatoms. The molecular weight excluding hydrogens is 586 g/mol. The number of ether oxygens (including phenoxy) is 4. The maximum atomic E-state index is 14.8. The SMILES string of the molecule is CC(C)COC(=O)OC(OC(C(=O)OC1CC2CCC(C1)[N+]21CCCC1)(c1ccccc1)c1ccccc1)C1CCCC1.O=C[O-]. The molecule has 1 spiro atoms. The second kappa shape index (κ2) is 15.4. The van der Waals surface area contributed by atoms with Crippen LogP contribution < -0.4 is 5.11 Å². The Bertz CT molecular complexity index is 1220. The number of hydrogen-bond donors (Lipinski definition) is 0. The van der Waals surface area contributed by atoms with Crippen molar-refractivity contribution >= 4 is 18.6 Å². The van der Waals surface area contributed by atoms with Gasteiger partial charge in [0.25, 0.3) is 0 Å². The second-order valence-corrected chi connectivity index (χ2v) is 13.8. The van der Waals surface area contributed by atoms with Crippen LogP contribution in [0, 0.1) is 11.8 Å². The summed E-state index contributed by atoms with van der Waals surface area (Å²) in [6.45, 7) is 6.25. The van der Waals surface area contributed by atoms with E-state index in [1.807, 2.05) is 74.5 Å². The predicted octanol–water partition coefficient (Wildman–Crippen LogP) is 5.49. The summed E-state index contributed by atoms with van der Waals surface area (Å²) in [7, 11) is 0. The molecule has 4 fully saturated rings. The van der Waals surface area contributed by atoms with E-state index in [-0.39, 0.29) is 24.5 Å². The Labute approximate surface area is 272 Å². The first-order valence-electron chi connectivity index (χ1n) is 17.1. The number of nitrogens with zero attached hydrogens (tertiary/aromatic N) is 1. The average molecular weight is 636 g/mol. The molecule has 3 atom stereocenters. The van der Waals surface area contributed by atoms with Gasteiger partial charge in [-0.25, -0.2) is 9.59 Å². The van der Waals surface area contributed by atoms with E-state index >= 15 is 0 Å². The quantitative estimate of drug-likeness (QED) is 0.146. The number of hydrogen-bond acceptors (Lipinski definition) is 8. The fourth-order valence-electron chi connectivity index (χ4n) is 8.46. The first-order chi connectivity index (χ1) is 22.3. The summed E-state index contributed by atoms with van der Waals surface area (Å²) in [5, 5.41) is 8.25. The van der Waals surface area contributed by atoms with Gasteiger partial charge in [0.2, 0.25) is 11.9 Å². The van der Waals surface area contributed by atoms with Crippen LogP contribution in [0.2, 0.25) is 0 Å². The number of carbonyl (C=O) groups is 3. The van der Waals surface area contributed by atoms with Crippen LogP contribution in [0.3, 0.4) is 0 Å². The lowest BCUT2D eigenvalue weighted by molar-refractivity contribution is -0.956. The van der Waals surface area contributed by atoms with Crippen molar-refractivity contribution in [2.75, 3.05) is 19.7 Å². The number of quaternary nitrogens is 1. The highest BCUT2D eigenvalue weighted by Gasteiger charge is 2.57. The van der Waals surface area contributed by atoms with Crippen LogP contribution in [0.5, 0.6) is 0 Å². The number of carbonyl (C=O) groups excluding carboxylic acids is 3. The molecule has 6 rings (SSSR count). The largest absolute Gasteiger partial charge is 0.554 e. The van der Waals surface area contributed by atoms with Crippen LogP contribution >= 0.6 is 0 Å². The molecule has 0 N–H and O–H groups in total. The topological polar surface area (TPSA) is 111 Å². The molecule has 3 saturated heterocycles. The van der Waals surface area contributed by atoms with E-state index in [9.17, 15) is 9.59 Å². The monoisotopic (exact) mass is 635 g/mol. The Morgan fingerprint density at radius 1 is 0.870 bits per heavy atom. The van der Waals surface area contributed by atoms with Crippen molar-refractivity contribution in [1.82, 2.24) is 0 Å². The lowest BCUT2D eigenvalue weighted by atomic mass is 9.85. The molecule has 2 bridgehead atoms. The molecule has 1 saturated carbocycles. The summed E-state index contributed by atoms with van der Waals surface area (Å²) in [5.74, 6) is -0.309. The smallest absolute Gasteiger partial charge is 0.510 e.